The van der Waals surface area contributed by atoms with Gasteiger partial charge in [0.2, 0.25) is 0 Å². The molecule has 2 rings (SSSR count). The molecule has 1 unspecified atom stereocenters. The zero-order valence-electron chi connectivity index (χ0n) is 9.70. The van der Waals surface area contributed by atoms with Crippen LogP contribution in [-0.2, 0) is 0 Å². The molecular formula is C12H14ClN3S. The van der Waals surface area contributed by atoms with Crippen molar-refractivity contribution in [2.75, 3.05) is 11.1 Å². The van der Waals surface area contributed by atoms with Gasteiger partial charge in [-0.25, -0.2) is 4.98 Å². The number of aromatic nitrogens is 1. The lowest BCUT2D eigenvalue weighted by atomic mass is 10.2. The summed E-state index contributed by atoms with van der Waals surface area (Å²) < 4.78 is 0. The molecule has 90 valence electrons. The Kier molecular flexibility index (Phi) is 3.54. The van der Waals surface area contributed by atoms with Crippen molar-refractivity contribution < 1.29 is 0 Å². The summed E-state index contributed by atoms with van der Waals surface area (Å²) in [4.78, 5) is 4.44. The molecule has 0 radical (unpaired) electrons. The SMILES string of the molecule is Cc1csc(C(C)Nc2c(N)cccc2Cl)n1. The number of nitrogens with two attached hydrogens (primary N) is 1. The van der Waals surface area contributed by atoms with Crippen LogP contribution in [0, 0.1) is 6.92 Å². The zero-order valence-corrected chi connectivity index (χ0v) is 11.3. The van der Waals surface area contributed by atoms with E-state index >= 15 is 0 Å². The van der Waals surface area contributed by atoms with Crippen LogP contribution in [0.2, 0.25) is 5.02 Å². The minimum Gasteiger partial charge on any atom is -0.397 e. The van der Waals surface area contributed by atoms with E-state index in [0.717, 1.165) is 16.4 Å². The highest BCUT2D eigenvalue weighted by Crippen LogP contribution is 2.31. The van der Waals surface area contributed by atoms with Gasteiger partial charge in [-0.2, -0.15) is 0 Å². The van der Waals surface area contributed by atoms with Crippen LogP contribution in [0.4, 0.5) is 11.4 Å². The third-order valence-electron chi connectivity index (χ3n) is 2.41. The maximum absolute atomic E-state index is 6.11. The second-order valence-electron chi connectivity index (χ2n) is 3.90. The highest BCUT2D eigenvalue weighted by Gasteiger charge is 2.12. The van der Waals surface area contributed by atoms with Crippen LogP contribution in [0.3, 0.4) is 0 Å². The molecule has 1 aromatic carbocycles. The van der Waals surface area contributed by atoms with Crippen LogP contribution in [0.25, 0.3) is 0 Å². The smallest absolute Gasteiger partial charge is 0.115 e. The largest absolute Gasteiger partial charge is 0.397 e. The molecular weight excluding hydrogens is 254 g/mol. The molecule has 0 aliphatic heterocycles. The summed E-state index contributed by atoms with van der Waals surface area (Å²) in [6.07, 6.45) is 0. The van der Waals surface area contributed by atoms with Gasteiger partial charge in [0.1, 0.15) is 5.01 Å². The molecule has 0 aliphatic carbocycles. The number of benzene rings is 1. The summed E-state index contributed by atoms with van der Waals surface area (Å²) in [6.45, 7) is 4.03. The molecule has 0 aliphatic rings. The van der Waals surface area contributed by atoms with Crippen molar-refractivity contribution in [3.05, 3.63) is 39.3 Å². The maximum atomic E-state index is 6.11. The Labute approximate surface area is 110 Å². The molecule has 0 bridgehead atoms. The number of nitrogens with one attached hydrogen (secondary N) is 1. The molecule has 1 heterocycles. The number of rotatable bonds is 3. The van der Waals surface area contributed by atoms with Crippen LogP contribution < -0.4 is 11.1 Å². The Morgan fingerprint density at radius 2 is 2.24 bits per heavy atom. The van der Waals surface area contributed by atoms with Crippen molar-refractivity contribution in [1.82, 2.24) is 4.98 Å². The van der Waals surface area contributed by atoms with E-state index in [4.69, 9.17) is 17.3 Å². The number of halogens is 1. The van der Waals surface area contributed by atoms with Gasteiger partial charge in [-0.05, 0) is 26.0 Å². The van der Waals surface area contributed by atoms with Gasteiger partial charge in [-0.15, -0.1) is 11.3 Å². The third kappa shape index (κ3) is 2.70. The summed E-state index contributed by atoms with van der Waals surface area (Å²) in [6, 6.07) is 5.57. The van der Waals surface area contributed by atoms with Gasteiger partial charge >= 0.3 is 0 Å². The summed E-state index contributed by atoms with van der Waals surface area (Å²) in [5.74, 6) is 0. The molecule has 1 aromatic heterocycles. The first-order valence-corrected chi connectivity index (χ1v) is 6.56. The summed E-state index contributed by atoms with van der Waals surface area (Å²) in [5, 5.41) is 6.99. The molecule has 0 amide bonds. The van der Waals surface area contributed by atoms with Crippen LogP contribution in [0.15, 0.2) is 23.6 Å². The maximum Gasteiger partial charge on any atom is 0.115 e. The molecule has 0 fully saturated rings. The highest BCUT2D eigenvalue weighted by atomic mass is 35.5. The van der Waals surface area contributed by atoms with Gasteiger partial charge in [0.25, 0.3) is 0 Å². The van der Waals surface area contributed by atoms with Crippen molar-refractivity contribution in [2.45, 2.75) is 19.9 Å². The minimum atomic E-state index is 0.0934. The Morgan fingerprint density at radius 3 is 2.82 bits per heavy atom. The lowest BCUT2D eigenvalue weighted by Crippen LogP contribution is -2.08. The molecule has 3 nitrogen and oxygen atoms in total. The average Bonchev–Trinajstić information content (AvgIpc) is 2.70. The molecule has 3 N–H and O–H groups in total. The number of aryl methyl sites for hydroxylation is 1. The molecule has 0 spiro atoms. The fourth-order valence-electron chi connectivity index (χ4n) is 1.54. The number of para-hydroxylation sites is 1. The molecule has 5 heteroatoms. The predicted molar refractivity (Wildman–Crippen MR) is 74.8 cm³/mol. The van der Waals surface area contributed by atoms with E-state index in [1.54, 1.807) is 11.3 Å². The standard InChI is InChI=1S/C12H14ClN3S/c1-7-6-17-12(15-7)8(2)16-11-9(13)4-3-5-10(11)14/h3-6,8,16H,14H2,1-2H3. The topological polar surface area (TPSA) is 50.9 Å². The second-order valence-corrected chi connectivity index (χ2v) is 5.19. The summed E-state index contributed by atoms with van der Waals surface area (Å²) >= 11 is 7.74. The molecule has 0 saturated heterocycles. The van der Waals surface area contributed by atoms with Crippen molar-refractivity contribution >= 4 is 34.3 Å². The van der Waals surface area contributed by atoms with Gasteiger partial charge in [0, 0.05) is 11.1 Å². The number of thiazole rings is 1. The number of hydrogen-bond acceptors (Lipinski definition) is 4. The Balaban J connectivity index is 2.21. The van der Waals surface area contributed by atoms with Crippen molar-refractivity contribution in [3.8, 4) is 0 Å². The predicted octanol–water partition coefficient (Wildman–Crippen LogP) is 3.86. The Hall–Kier alpha value is -1.26. The first-order valence-electron chi connectivity index (χ1n) is 5.30. The summed E-state index contributed by atoms with van der Waals surface area (Å²) in [5.41, 5.74) is 8.35. The average molecular weight is 268 g/mol. The van der Waals surface area contributed by atoms with Crippen LogP contribution in [0.1, 0.15) is 23.7 Å². The van der Waals surface area contributed by atoms with Gasteiger partial charge < -0.3 is 11.1 Å². The third-order valence-corrected chi connectivity index (χ3v) is 3.87. The van der Waals surface area contributed by atoms with Crippen molar-refractivity contribution in [1.29, 1.82) is 0 Å². The minimum absolute atomic E-state index is 0.0934. The van der Waals surface area contributed by atoms with E-state index < -0.39 is 0 Å². The number of hydrogen-bond donors (Lipinski definition) is 2. The van der Waals surface area contributed by atoms with E-state index in [-0.39, 0.29) is 6.04 Å². The summed E-state index contributed by atoms with van der Waals surface area (Å²) in [7, 11) is 0. The first kappa shape index (κ1) is 12.2. The van der Waals surface area contributed by atoms with Gasteiger partial charge in [-0.3, -0.25) is 0 Å². The van der Waals surface area contributed by atoms with Crippen LogP contribution in [0.5, 0.6) is 0 Å². The molecule has 17 heavy (non-hydrogen) atoms. The zero-order chi connectivity index (χ0) is 12.4. The Morgan fingerprint density at radius 1 is 1.47 bits per heavy atom. The normalized spacial score (nSPS) is 12.4. The van der Waals surface area contributed by atoms with Crippen LogP contribution in [-0.4, -0.2) is 4.98 Å². The van der Waals surface area contributed by atoms with Gasteiger partial charge in [0.15, 0.2) is 0 Å². The number of anilines is 2. The van der Waals surface area contributed by atoms with Crippen LogP contribution >= 0.6 is 22.9 Å². The van der Waals surface area contributed by atoms with Crippen molar-refractivity contribution in [2.24, 2.45) is 0 Å². The highest BCUT2D eigenvalue weighted by molar-refractivity contribution is 7.09. The van der Waals surface area contributed by atoms with Crippen molar-refractivity contribution in [3.63, 3.8) is 0 Å². The van der Waals surface area contributed by atoms with E-state index in [1.807, 2.05) is 37.4 Å². The van der Waals surface area contributed by atoms with E-state index in [2.05, 4.69) is 10.3 Å². The molecule has 0 saturated carbocycles. The van der Waals surface area contributed by atoms with E-state index in [9.17, 15) is 0 Å². The Bertz CT molecular complexity index is 504. The number of nitrogen functional groups attached to an aromatic ring is 1. The lowest BCUT2D eigenvalue weighted by molar-refractivity contribution is 0.865. The monoisotopic (exact) mass is 267 g/mol. The fraction of sp³-hybridized carbons (Fsp3) is 0.250. The molecule has 2 aromatic rings. The van der Waals surface area contributed by atoms with Gasteiger partial charge in [0.05, 0.1) is 22.4 Å². The second kappa shape index (κ2) is 4.94. The lowest BCUT2D eigenvalue weighted by Gasteiger charge is -2.15. The molecule has 1 atom stereocenters. The quantitative estimate of drug-likeness (QED) is 0.831. The van der Waals surface area contributed by atoms with Gasteiger partial charge in [-0.1, -0.05) is 17.7 Å². The number of nitrogens with zero attached hydrogens (tertiary/aromatic N) is 1. The fourth-order valence-corrected chi connectivity index (χ4v) is 2.58. The first-order chi connectivity index (χ1) is 8.08. The van der Waals surface area contributed by atoms with E-state index in [1.165, 1.54) is 0 Å². The van der Waals surface area contributed by atoms with E-state index in [0.29, 0.717) is 10.7 Å².